The van der Waals surface area contributed by atoms with Crippen molar-refractivity contribution in [1.29, 1.82) is 5.26 Å². The van der Waals surface area contributed by atoms with E-state index >= 15 is 0 Å². The molecule has 0 aliphatic carbocycles. The summed E-state index contributed by atoms with van der Waals surface area (Å²) in [4.78, 5) is 12.7. The van der Waals surface area contributed by atoms with Gasteiger partial charge in [0, 0.05) is 20.2 Å². The number of anilines is 1. The Labute approximate surface area is 194 Å². The number of carbonyl (C=O) groups is 1. The summed E-state index contributed by atoms with van der Waals surface area (Å²) in [7, 11) is 0. The Balaban J connectivity index is 1.94. The van der Waals surface area contributed by atoms with Crippen LogP contribution in [0.3, 0.4) is 0 Å². The number of benzene rings is 3. The first-order valence-corrected chi connectivity index (χ1v) is 10.6. The zero-order valence-electron chi connectivity index (χ0n) is 16.0. The Morgan fingerprint density at radius 1 is 1.07 bits per heavy atom. The molecule has 0 unspecified atom stereocenters. The molecular formula is C24H17BrCl2N2O. The van der Waals surface area contributed by atoms with Crippen LogP contribution in [-0.2, 0) is 11.2 Å². The van der Waals surface area contributed by atoms with Crippen molar-refractivity contribution in [2.24, 2.45) is 0 Å². The maximum atomic E-state index is 12.7. The number of hydrogen-bond acceptors (Lipinski definition) is 2. The highest BCUT2D eigenvalue weighted by molar-refractivity contribution is 9.10. The van der Waals surface area contributed by atoms with Gasteiger partial charge in [-0.05, 0) is 72.0 Å². The van der Waals surface area contributed by atoms with Gasteiger partial charge in [0.05, 0.1) is 0 Å². The number of nitrogens with one attached hydrogen (secondary N) is 1. The van der Waals surface area contributed by atoms with E-state index in [4.69, 9.17) is 23.2 Å². The van der Waals surface area contributed by atoms with Crippen molar-refractivity contribution in [3.63, 3.8) is 0 Å². The van der Waals surface area contributed by atoms with Gasteiger partial charge in [-0.15, -0.1) is 0 Å². The molecule has 0 aliphatic rings. The number of hydrogen-bond donors (Lipinski definition) is 1. The molecule has 3 aromatic carbocycles. The lowest BCUT2D eigenvalue weighted by Gasteiger charge is -2.11. The summed E-state index contributed by atoms with van der Waals surface area (Å²) in [5.74, 6) is -0.505. The topological polar surface area (TPSA) is 52.9 Å². The van der Waals surface area contributed by atoms with E-state index in [0.29, 0.717) is 27.7 Å². The molecule has 0 saturated carbocycles. The van der Waals surface area contributed by atoms with E-state index in [1.165, 1.54) is 0 Å². The highest BCUT2D eigenvalue weighted by Crippen LogP contribution is 2.26. The van der Waals surface area contributed by atoms with Gasteiger partial charge in [-0.1, -0.05) is 69.5 Å². The Hall–Kier alpha value is -2.58. The molecule has 3 nitrogen and oxygen atoms in total. The predicted octanol–water partition coefficient (Wildman–Crippen LogP) is 7.20. The van der Waals surface area contributed by atoms with Crippen LogP contribution in [0.15, 0.2) is 70.7 Å². The number of aryl methyl sites for hydroxylation is 1. The molecular weight excluding hydrogens is 483 g/mol. The maximum Gasteiger partial charge on any atom is 0.266 e. The van der Waals surface area contributed by atoms with Crippen molar-refractivity contribution in [3.05, 3.63) is 103 Å². The Morgan fingerprint density at radius 2 is 1.77 bits per heavy atom. The summed E-state index contributed by atoms with van der Waals surface area (Å²) >= 11 is 15.8. The van der Waals surface area contributed by atoms with Crippen molar-refractivity contribution in [2.45, 2.75) is 13.3 Å². The fourth-order valence-electron chi connectivity index (χ4n) is 2.93. The number of rotatable bonds is 5. The molecule has 6 heteroatoms. The van der Waals surface area contributed by atoms with E-state index in [-0.39, 0.29) is 5.57 Å². The highest BCUT2D eigenvalue weighted by Gasteiger charge is 2.13. The SMILES string of the molecule is Cc1ccc(Cl)cc1NC(=O)/C(C#N)=C/c1cc(Cl)ccc1Cc1ccccc1Br. The normalized spacial score (nSPS) is 11.1. The quantitative estimate of drug-likeness (QED) is 0.298. The minimum Gasteiger partial charge on any atom is -0.321 e. The van der Waals surface area contributed by atoms with Gasteiger partial charge in [0.2, 0.25) is 0 Å². The first-order valence-electron chi connectivity index (χ1n) is 9.08. The van der Waals surface area contributed by atoms with E-state index in [1.807, 2.05) is 43.3 Å². The molecule has 0 radical (unpaired) electrons. The van der Waals surface area contributed by atoms with Gasteiger partial charge in [-0.3, -0.25) is 4.79 Å². The van der Waals surface area contributed by atoms with E-state index in [0.717, 1.165) is 21.2 Å². The highest BCUT2D eigenvalue weighted by atomic mass is 79.9. The first-order chi connectivity index (χ1) is 14.4. The molecule has 0 fully saturated rings. The van der Waals surface area contributed by atoms with Crippen molar-refractivity contribution in [2.75, 3.05) is 5.32 Å². The number of nitriles is 1. The minimum absolute atomic E-state index is 0.0231. The second-order valence-electron chi connectivity index (χ2n) is 6.69. The number of halogens is 3. The minimum atomic E-state index is -0.505. The van der Waals surface area contributed by atoms with Crippen LogP contribution in [0.2, 0.25) is 10.0 Å². The Kier molecular flexibility index (Phi) is 7.33. The fraction of sp³-hybridized carbons (Fsp3) is 0.0833. The third kappa shape index (κ3) is 5.52. The maximum absolute atomic E-state index is 12.7. The zero-order valence-corrected chi connectivity index (χ0v) is 19.1. The van der Waals surface area contributed by atoms with Gasteiger partial charge in [-0.25, -0.2) is 0 Å². The van der Waals surface area contributed by atoms with E-state index in [1.54, 1.807) is 36.4 Å². The van der Waals surface area contributed by atoms with Gasteiger partial charge in [0.25, 0.3) is 5.91 Å². The molecule has 0 atom stereocenters. The van der Waals surface area contributed by atoms with Gasteiger partial charge in [0.1, 0.15) is 11.6 Å². The number of nitrogens with zero attached hydrogens (tertiary/aromatic N) is 1. The average Bonchev–Trinajstić information content (AvgIpc) is 2.72. The molecule has 30 heavy (non-hydrogen) atoms. The van der Waals surface area contributed by atoms with E-state index < -0.39 is 5.91 Å². The molecule has 1 amide bonds. The monoisotopic (exact) mass is 498 g/mol. The Morgan fingerprint density at radius 3 is 2.50 bits per heavy atom. The van der Waals surface area contributed by atoms with E-state index in [9.17, 15) is 10.1 Å². The lowest BCUT2D eigenvalue weighted by atomic mass is 9.98. The van der Waals surface area contributed by atoms with Crippen LogP contribution in [0, 0.1) is 18.3 Å². The van der Waals surface area contributed by atoms with Crippen LogP contribution in [-0.4, -0.2) is 5.91 Å². The van der Waals surface area contributed by atoms with Crippen molar-refractivity contribution >= 4 is 56.8 Å². The van der Waals surface area contributed by atoms with E-state index in [2.05, 4.69) is 21.2 Å². The van der Waals surface area contributed by atoms with Crippen LogP contribution in [0.5, 0.6) is 0 Å². The number of amides is 1. The van der Waals surface area contributed by atoms with Crippen molar-refractivity contribution in [1.82, 2.24) is 0 Å². The predicted molar refractivity (Wildman–Crippen MR) is 127 cm³/mol. The molecule has 1 N–H and O–H groups in total. The third-order valence-electron chi connectivity index (χ3n) is 4.56. The molecule has 0 saturated heterocycles. The van der Waals surface area contributed by atoms with Crippen LogP contribution < -0.4 is 5.32 Å². The molecule has 3 aromatic rings. The largest absolute Gasteiger partial charge is 0.321 e. The second kappa shape index (κ2) is 9.95. The summed E-state index contributed by atoms with van der Waals surface area (Å²) in [6, 6.07) is 20.6. The van der Waals surface area contributed by atoms with Crippen LogP contribution >= 0.6 is 39.1 Å². The van der Waals surface area contributed by atoms with Crippen LogP contribution in [0.4, 0.5) is 5.69 Å². The third-order valence-corrected chi connectivity index (χ3v) is 5.80. The van der Waals surface area contributed by atoms with Crippen LogP contribution in [0.1, 0.15) is 22.3 Å². The second-order valence-corrected chi connectivity index (χ2v) is 8.42. The molecule has 0 heterocycles. The van der Waals surface area contributed by atoms with Gasteiger partial charge >= 0.3 is 0 Å². The van der Waals surface area contributed by atoms with Gasteiger partial charge in [0.15, 0.2) is 0 Å². The van der Waals surface area contributed by atoms with Gasteiger partial charge < -0.3 is 5.32 Å². The summed E-state index contributed by atoms with van der Waals surface area (Å²) in [5.41, 5.74) is 4.14. The average molecular weight is 500 g/mol. The standard InChI is InChI=1S/C24H17BrCl2N2O/c1-15-6-8-21(27)13-23(15)29-24(30)19(14-28)11-18-12-20(26)9-7-16(18)10-17-4-2-3-5-22(17)25/h2-9,11-13H,10H2,1H3,(H,29,30)/b19-11+. The van der Waals surface area contributed by atoms with Crippen molar-refractivity contribution in [3.8, 4) is 6.07 Å². The molecule has 150 valence electrons. The smallest absolute Gasteiger partial charge is 0.266 e. The Bertz CT molecular complexity index is 1180. The summed E-state index contributed by atoms with van der Waals surface area (Å²) in [5, 5.41) is 13.4. The molecule has 3 rings (SSSR count). The number of carbonyl (C=O) groups excluding carboxylic acids is 1. The molecule has 0 spiro atoms. The molecule has 0 bridgehead atoms. The lowest BCUT2D eigenvalue weighted by Crippen LogP contribution is -2.14. The van der Waals surface area contributed by atoms with Gasteiger partial charge in [-0.2, -0.15) is 5.26 Å². The summed E-state index contributed by atoms with van der Waals surface area (Å²) in [6.07, 6.45) is 2.19. The lowest BCUT2D eigenvalue weighted by molar-refractivity contribution is -0.112. The van der Waals surface area contributed by atoms with Crippen LogP contribution in [0.25, 0.3) is 6.08 Å². The van der Waals surface area contributed by atoms with Crippen molar-refractivity contribution < 1.29 is 4.79 Å². The summed E-state index contributed by atoms with van der Waals surface area (Å²) < 4.78 is 0.990. The molecule has 0 aromatic heterocycles. The molecule has 0 aliphatic heterocycles. The summed E-state index contributed by atoms with van der Waals surface area (Å²) in [6.45, 7) is 1.86. The first kappa shape index (κ1) is 22.1. The fourth-order valence-corrected chi connectivity index (χ4v) is 3.71. The zero-order chi connectivity index (χ0) is 21.7.